The number of ether oxygens (including phenoxy) is 2. The van der Waals surface area contributed by atoms with Crippen molar-refractivity contribution in [1.82, 2.24) is 20.4 Å². The number of hydrogen-bond donors (Lipinski definition) is 2. The smallest absolute Gasteiger partial charge is 0.287 e. The summed E-state index contributed by atoms with van der Waals surface area (Å²) >= 11 is 0. The average Bonchev–Trinajstić information content (AvgIpc) is 3.33. The van der Waals surface area contributed by atoms with Gasteiger partial charge in [0.1, 0.15) is 24.0 Å². The van der Waals surface area contributed by atoms with Crippen LogP contribution in [0.4, 0.5) is 0 Å². The molecule has 11 heteroatoms. The van der Waals surface area contributed by atoms with E-state index in [0.717, 1.165) is 44.7 Å². The highest BCUT2D eigenvalue weighted by Crippen LogP contribution is 2.25. The summed E-state index contributed by atoms with van der Waals surface area (Å²) in [6.07, 6.45) is 2.63. The van der Waals surface area contributed by atoms with Crippen LogP contribution in [0.15, 0.2) is 28.7 Å². The molecule has 0 radical (unpaired) electrons. The van der Waals surface area contributed by atoms with Crippen molar-refractivity contribution >= 4 is 34.5 Å². The molecule has 2 saturated heterocycles. The Balaban J connectivity index is 1.34. The first-order valence-corrected chi connectivity index (χ1v) is 16.0. The van der Waals surface area contributed by atoms with Gasteiger partial charge in [0, 0.05) is 38.0 Å². The van der Waals surface area contributed by atoms with Gasteiger partial charge in [0.25, 0.3) is 5.91 Å². The number of nitrogens with zero attached hydrogens (tertiary/aromatic N) is 2. The van der Waals surface area contributed by atoms with E-state index in [1.165, 1.54) is 0 Å². The lowest BCUT2D eigenvalue weighted by Gasteiger charge is -2.26. The maximum atomic E-state index is 13.4. The molecule has 2 aliphatic rings. The second-order valence-electron chi connectivity index (χ2n) is 12.7. The van der Waals surface area contributed by atoms with Crippen molar-refractivity contribution in [2.45, 2.75) is 71.9 Å². The minimum atomic E-state index is -0.852. The summed E-state index contributed by atoms with van der Waals surface area (Å²) in [7, 11) is 0. The van der Waals surface area contributed by atoms with Gasteiger partial charge in [0.15, 0.2) is 11.5 Å². The van der Waals surface area contributed by atoms with Crippen LogP contribution in [0.3, 0.4) is 0 Å². The van der Waals surface area contributed by atoms with Crippen LogP contribution < -0.4 is 15.4 Å². The molecule has 2 atom stereocenters. The fourth-order valence-corrected chi connectivity index (χ4v) is 5.51. The Hall–Kier alpha value is -3.44. The van der Waals surface area contributed by atoms with Gasteiger partial charge in [0.2, 0.25) is 11.8 Å². The Labute approximate surface area is 260 Å². The molecule has 242 valence electrons. The number of ketones is 1. The highest BCUT2D eigenvalue weighted by molar-refractivity contribution is 6.00. The van der Waals surface area contributed by atoms with E-state index in [1.807, 2.05) is 26.0 Å². The van der Waals surface area contributed by atoms with Crippen molar-refractivity contribution in [1.29, 1.82) is 0 Å². The summed E-state index contributed by atoms with van der Waals surface area (Å²) in [5.74, 6) is 0.145. The summed E-state index contributed by atoms with van der Waals surface area (Å²) in [5.41, 5.74) is 0.539. The summed E-state index contributed by atoms with van der Waals surface area (Å²) < 4.78 is 17.1. The van der Waals surface area contributed by atoms with E-state index < -0.39 is 23.9 Å². The van der Waals surface area contributed by atoms with Crippen LogP contribution in [0, 0.1) is 11.8 Å². The monoisotopic (exact) mass is 612 g/mol. The van der Waals surface area contributed by atoms with Gasteiger partial charge in [-0.25, -0.2) is 0 Å². The Morgan fingerprint density at radius 1 is 1.05 bits per heavy atom. The third kappa shape index (κ3) is 9.79. The third-order valence-corrected chi connectivity index (χ3v) is 8.08. The maximum Gasteiger partial charge on any atom is 0.287 e. The first-order chi connectivity index (χ1) is 21.1. The van der Waals surface area contributed by atoms with E-state index in [4.69, 9.17) is 13.9 Å². The number of hydrogen-bond acceptors (Lipinski definition) is 8. The van der Waals surface area contributed by atoms with E-state index >= 15 is 0 Å². The van der Waals surface area contributed by atoms with Crippen molar-refractivity contribution in [3.63, 3.8) is 0 Å². The lowest BCUT2D eigenvalue weighted by molar-refractivity contribution is -0.135. The molecule has 3 amide bonds. The molecule has 4 rings (SSSR count). The molecule has 3 heterocycles. The van der Waals surface area contributed by atoms with Crippen LogP contribution in [0.1, 0.15) is 70.4 Å². The topological polar surface area (TPSA) is 130 Å². The van der Waals surface area contributed by atoms with E-state index in [-0.39, 0.29) is 29.9 Å². The van der Waals surface area contributed by atoms with Crippen molar-refractivity contribution in [3.05, 3.63) is 30.0 Å². The molecule has 0 bridgehead atoms. The lowest BCUT2D eigenvalue weighted by atomic mass is 10.0. The van der Waals surface area contributed by atoms with Crippen LogP contribution in [0.5, 0.6) is 5.75 Å². The van der Waals surface area contributed by atoms with E-state index in [9.17, 15) is 19.2 Å². The summed E-state index contributed by atoms with van der Waals surface area (Å²) in [6.45, 7) is 13.2. The van der Waals surface area contributed by atoms with Gasteiger partial charge in [-0.3, -0.25) is 24.1 Å². The van der Waals surface area contributed by atoms with Gasteiger partial charge in [0.05, 0.1) is 25.8 Å². The molecular formula is C33H48N4O7. The summed E-state index contributed by atoms with van der Waals surface area (Å²) in [4.78, 5) is 56.2. The average molecular weight is 613 g/mol. The number of fused-ring (bicyclic) bond motifs is 1. The number of likely N-dealkylation sites (tertiary alicyclic amines) is 1. The molecule has 2 aliphatic heterocycles. The van der Waals surface area contributed by atoms with Gasteiger partial charge in [-0.05, 0) is 61.8 Å². The van der Waals surface area contributed by atoms with Crippen LogP contribution in [-0.4, -0.2) is 97.9 Å². The van der Waals surface area contributed by atoms with Crippen LogP contribution in [-0.2, 0) is 19.1 Å². The van der Waals surface area contributed by atoms with Gasteiger partial charge in [-0.2, -0.15) is 0 Å². The number of Topliss-reactive ketones (excluding diaryl/α,β-unsaturated/α-hetero) is 1. The second kappa shape index (κ2) is 16.0. The molecule has 0 aliphatic carbocycles. The van der Waals surface area contributed by atoms with E-state index in [2.05, 4.69) is 29.4 Å². The number of furan rings is 1. The predicted molar refractivity (Wildman–Crippen MR) is 167 cm³/mol. The lowest BCUT2D eigenvalue weighted by Crippen LogP contribution is -2.52. The molecular weight excluding hydrogens is 564 g/mol. The van der Waals surface area contributed by atoms with E-state index in [0.29, 0.717) is 56.1 Å². The Kier molecular flexibility index (Phi) is 12.2. The van der Waals surface area contributed by atoms with Crippen molar-refractivity contribution in [3.8, 4) is 5.75 Å². The Morgan fingerprint density at radius 3 is 2.55 bits per heavy atom. The molecule has 11 nitrogen and oxygen atoms in total. The SMILES string of the molecule is CC(C)CCC(=O)N1CCCC(NC(=O)[C@H](CC(C)C)NC(=O)c2cc3cc(OCCN4CCOCC4)ccc3o2)C(=O)C1. The zero-order valence-electron chi connectivity index (χ0n) is 26.6. The number of amides is 3. The molecule has 2 fully saturated rings. The number of nitrogens with one attached hydrogen (secondary N) is 2. The van der Waals surface area contributed by atoms with Gasteiger partial charge < -0.3 is 29.4 Å². The zero-order chi connectivity index (χ0) is 31.6. The fraction of sp³-hybridized carbons (Fsp3) is 0.636. The molecule has 1 aromatic heterocycles. The minimum absolute atomic E-state index is 0.0129. The number of rotatable bonds is 13. The third-order valence-electron chi connectivity index (χ3n) is 8.08. The molecule has 44 heavy (non-hydrogen) atoms. The van der Waals surface area contributed by atoms with Gasteiger partial charge in [-0.15, -0.1) is 0 Å². The second-order valence-corrected chi connectivity index (χ2v) is 12.7. The minimum Gasteiger partial charge on any atom is -0.492 e. The Bertz CT molecular complexity index is 1280. The number of carbonyl (C=O) groups excluding carboxylic acids is 4. The quantitative estimate of drug-likeness (QED) is 0.352. The molecule has 0 saturated carbocycles. The molecule has 2 aromatic rings. The van der Waals surface area contributed by atoms with Gasteiger partial charge in [-0.1, -0.05) is 27.7 Å². The van der Waals surface area contributed by atoms with Gasteiger partial charge >= 0.3 is 0 Å². The fourth-order valence-electron chi connectivity index (χ4n) is 5.51. The normalized spacial score (nSPS) is 18.8. The summed E-state index contributed by atoms with van der Waals surface area (Å²) in [5, 5.41) is 6.40. The van der Waals surface area contributed by atoms with Crippen LogP contribution in [0.2, 0.25) is 0 Å². The maximum absolute atomic E-state index is 13.4. The zero-order valence-corrected chi connectivity index (χ0v) is 26.6. The highest BCUT2D eigenvalue weighted by Gasteiger charge is 2.31. The standard InChI is InChI=1S/C33H48N4O7/c1-22(2)7-10-31(39)37-11-5-6-26(28(38)21-37)34-32(40)27(18-23(3)4)35-33(41)30-20-24-19-25(8-9-29(24)44-30)43-17-14-36-12-15-42-16-13-36/h8-9,19-20,22-23,26-27H,5-7,10-18,21H2,1-4H3,(H,34,40)(H,35,41)/t26?,27-/m0/s1. The van der Waals surface area contributed by atoms with Crippen LogP contribution in [0.25, 0.3) is 11.0 Å². The number of carbonyl (C=O) groups is 4. The molecule has 0 spiro atoms. The van der Waals surface area contributed by atoms with E-state index in [1.54, 1.807) is 17.0 Å². The Morgan fingerprint density at radius 2 is 1.82 bits per heavy atom. The predicted octanol–water partition coefficient (Wildman–Crippen LogP) is 3.40. The van der Waals surface area contributed by atoms with Crippen LogP contribution >= 0.6 is 0 Å². The first kappa shape index (κ1) is 33.5. The molecule has 1 unspecified atom stereocenters. The number of benzene rings is 1. The highest BCUT2D eigenvalue weighted by atomic mass is 16.5. The van der Waals surface area contributed by atoms with Crippen molar-refractivity contribution in [2.75, 3.05) is 52.5 Å². The number of morpholine rings is 1. The van der Waals surface area contributed by atoms with Crippen molar-refractivity contribution in [2.24, 2.45) is 11.8 Å². The summed E-state index contributed by atoms with van der Waals surface area (Å²) in [6, 6.07) is 5.50. The van der Waals surface area contributed by atoms with Crippen molar-refractivity contribution < 1.29 is 33.1 Å². The first-order valence-electron chi connectivity index (χ1n) is 16.0. The largest absolute Gasteiger partial charge is 0.492 e. The molecule has 2 N–H and O–H groups in total. The molecule has 1 aromatic carbocycles.